The normalized spacial score (nSPS) is 10.3. The van der Waals surface area contributed by atoms with Crippen LogP contribution in [-0.4, -0.2) is 20.4 Å². The topological polar surface area (TPSA) is 61.7 Å². The molecular weight excluding hydrogens is 354 g/mol. The summed E-state index contributed by atoms with van der Waals surface area (Å²) in [6.07, 6.45) is 0. The van der Waals surface area contributed by atoms with E-state index in [9.17, 15) is 0 Å². The predicted molar refractivity (Wildman–Crippen MR) is 95.6 cm³/mol. The molecule has 0 saturated heterocycles. The first kappa shape index (κ1) is 15.3. The molecule has 6 heteroatoms. The summed E-state index contributed by atoms with van der Waals surface area (Å²) in [6.45, 7) is 10.8. The first-order valence-corrected chi connectivity index (χ1v) is 7.80. The second kappa shape index (κ2) is 6.23. The third kappa shape index (κ3) is 3.10. The van der Waals surface area contributed by atoms with Gasteiger partial charge in [0.25, 0.3) is 0 Å². The highest BCUT2D eigenvalue weighted by Crippen LogP contribution is 2.21. The molecule has 0 unspecified atom stereocenters. The fourth-order valence-corrected chi connectivity index (χ4v) is 2.67. The van der Waals surface area contributed by atoms with Gasteiger partial charge in [0.2, 0.25) is 0 Å². The molecule has 0 aliphatic rings. The van der Waals surface area contributed by atoms with Gasteiger partial charge < -0.3 is 0 Å². The van der Waals surface area contributed by atoms with Gasteiger partial charge >= 0.3 is 0 Å². The Kier molecular flexibility index (Phi) is 4.13. The highest BCUT2D eigenvalue weighted by Gasteiger charge is 2.01. The number of rotatable bonds is 0. The fraction of sp³-hybridized carbons (Fsp3) is 0.118. The summed E-state index contributed by atoms with van der Waals surface area (Å²) < 4.78 is 1.09. The molecule has 0 aliphatic carbocycles. The lowest BCUT2D eigenvalue weighted by atomic mass is 10.2. The van der Waals surface area contributed by atoms with Gasteiger partial charge in [-0.25, -0.2) is 4.85 Å². The van der Waals surface area contributed by atoms with Crippen LogP contribution in [0.2, 0.25) is 0 Å². The zero-order valence-electron chi connectivity index (χ0n) is 12.7. The second-order valence-electron chi connectivity index (χ2n) is 5.17. The molecule has 0 saturated carbocycles. The third-order valence-electron chi connectivity index (χ3n) is 3.56. The van der Waals surface area contributed by atoms with Crippen molar-refractivity contribution < 1.29 is 0 Å². The maximum atomic E-state index is 6.84. The van der Waals surface area contributed by atoms with E-state index in [2.05, 4.69) is 47.2 Å². The van der Waals surface area contributed by atoms with Crippen molar-refractivity contribution in [1.29, 1.82) is 0 Å². The summed E-state index contributed by atoms with van der Waals surface area (Å²) in [4.78, 5) is 3.35. The molecule has 0 bridgehead atoms. The molecule has 0 spiro atoms. The smallest absolute Gasteiger partial charge is 0.188 e. The molecule has 23 heavy (non-hydrogen) atoms. The van der Waals surface area contributed by atoms with E-state index in [1.54, 1.807) is 6.07 Å². The Morgan fingerprint density at radius 3 is 2.09 bits per heavy atom. The molecule has 0 atom stereocenters. The molecule has 0 amide bonds. The monoisotopic (exact) mass is 367 g/mol. The minimum atomic E-state index is 0.659. The Bertz CT molecular complexity index is 1020. The van der Waals surface area contributed by atoms with Crippen molar-refractivity contribution in [3.05, 3.63) is 63.7 Å². The van der Waals surface area contributed by atoms with Gasteiger partial charge in [-0.3, -0.25) is 10.2 Å². The maximum Gasteiger partial charge on any atom is 0.188 e. The number of nitrogens with zero attached hydrogens (tertiary/aromatic N) is 3. The quantitative estimate of drug-likeness (QED) is 0.427. The molecule has 4 rings (SSSR count). The fourth-order valence-electron chi connectivity index (χ4n) is 2.31. The predicted octanol–water partition coefficient (Wildman–Crippen LogP) is 5.06. The van der Waals surface area contributed by atoms with E-state index in [4.69, 9.17) is 6.57 Å². The Balaban J connectivity index is 0.000000136. The summed E-state index contributed by atoms with van der Waals surface area (Å²) in [5, 5.41) is 16.2. The first-order chi connectivity index (χ1) is 11.1. The van der Waals surface area contributed by atoms with Crippen LogP contribution in [0.15, 0.2) is 40.9 Å². The molecule has 2 N–H and O–H groups in total. The van der Waals surface area contributed by atoms with Gasteiger partial charge in [0.05, 0.1) is 17.6 Å². The maximum absolute atomic E-state index is 6.84. The summed E-state index contributed by atoms with van der Waals surface area (Å²) in [5.41, 5.74) is 4.72. The van der Waals surface area contributed by atoms with Crippen molar-refractivity contribution in [1.82, 2.24) is 20.4 Å². The second-order valence-corrected chi connectivity index (χ2v) is 6.09. The van der Waals surface area contributed by atoms with Crippen molar-refractivity contribution >= 4 is 43.4 Å². The molecule has 4 aromatic rings. The summed E-state index contributed by atoms with van der Waals surface area (Å²) >= 11 is 3.41. The first-order valence-electron chi connectivity index (χ1n) is 7.01. The molecule has 0 radical (unpaired) electrons. The number of aromatic nitrogens is 4. The van der Waals surface area contributed by atoms with Gasteiger partial charge in [0.15, 0.2) is 5.69 Å². The van der Waals surface area contributed by atoms with Crippen LogP contribution < -0.4 is 0 Å². The van der Waals surface area contributed by atoms with Crippen LogP contribution in [0.25, 0.3) is 26.7 Å². The van der Waals surface area contributed by atoms with Gasteiger partial charge in [-0.2, -0.15) is 10.2 Å². The third-order valence-corrected chi connectivity index (χ3v) is 4.06. The molecule has 2 aromatic heterocycles. The van der Waals surface area contributed by atoms with Crippen LogP contribution in [0.4, 0.5) is 5.69 Å². The van der Waals surface area contributed by atoms with Crippen molar-refractivity contribution in [2.24, 2.45) is 0 Å². The van der Waals surface area contributed by atoms with E-state index < -0.39 is 0 Å². The van der Waals surface area contributed by atoms with Gasteiger partial charge in [0, 0.05) is 26.6 Å². The average molecular weight is 368 g/mol. The van der Waals surface area contributed by atoms with Crippen LogP contribution in [0, 0.1) is 20.4 Å². The van der Waals surface area contributed by atoms with Crippen molar-refractivity contribution in [2.75, 3.05) is 0 Å². The zero-order valence-corrected chi connectivity index (χ0v) is 14.3. The van der Waals surface area contributed by atoms with E-state index >= 15 is 0 Å². The van der Waals surface area contributed by atoms with Crippen molar-refractivity contribution in [3.8, 4) is 0 Å². The minimum Gasteiger partial charge on any atom is -0.282 e. The molecular formula is C17H14BrN5. The number of fused-ring (bicyclic) bond motifs is 2. The van der Waals surface area contributed by atoms with Crippen LogP contribution in [0.5, 0.6) is 0 Å². The summed E-state index contributed by atoms with van der Waals surface area (Å²) in [6, 6.07) is 11.5. The Hall–Kier alpha value is -2.65. The summed E-state index contributed by atoms with van der Waals surface area (Å²) in [5.74, 6) is 0. The van der Waals surface area contributed by atoms with Gasteiger partial charge in [-0.1, -0.05) is 22.0 Å². The largest absolute Gasteiger partial charge is 0.282 e. The number of aryl methyl sites for hydroxylation is 2. The van der Waals surface area contributed by atoms with E-state index in [1.165, 1.54) is 5.39 Å². The number of hydrogen-bond donors (Lipinski definition) is 2. The number of H-pyrrole nitrogens is 2. The van der Waals surface area contributed by atoms with Crippen LogP contribution in [0.1, 0.15) is 11.4 Å². The lowest BCUT2D eigenvalue weighted by molar-refractivity contribution is 1.07. The Morgan fingerprint density at radius 2 is 1.48 bits per heavy atom. The average Bonchev–Trinajstić information content (AvgIpc) is 3.11. The van der Waals surface area contributed by atoms with Gasteiger partial charge in [-0.15, -0.1) is 0 Å². The number of hydrogen-bond acceptors (Lipinski definition) is 2. The van der Waals surface area contributed by atoms with E-state index in [0.717, 1.165) is 32.3 Å². The lowest BCUT2D eigenvalue weighted by Crippen LogP contribution is -1.69. The number of halogens is 1. The highest BCUT2D eigenvalue weighted by molar-refractivity contribution is 9.10. The van der Waals surface area contributed by atoms with Crippen molar-refractivity contribution in [3.63, 3.8) is 0 Å². The van der Waals surface area contributed by atoms with Crippen LogP contribution in [0.3, 0.4) is 0 Å². The number of benzene rings is 2. The molecule has 114 valence electrons. The van der Waals surface area contributed by atoms with Crippen LogP contribution in [-0.2, 0) is 0 Å². The van der Waals surface area contributed by atoms with Gasteiger partial charge in [-0.05, 0) is 44.2 Å². The minimum absolute atomic E-state index is 0.659. The molecule has 0 fully saturated rings. The Labute approximate surface area is 141 Å². The molecule has 2 heterocycles. The van der Waals surface area contributed by atoms with E-state index in [-0.39, 0.29) is 0 Å². The molecule has 2 aromatic carbocycles. The molecule has 5 nitrogen and oxygen atoms in total. The molecule has 0 aliphatic heterocycles. The van der Waals surface area contributed by atoms with E-state index in [1.807, 2.05) is 38.1 Å². The highest BCUT2D eigenvalue weighted by atomic mass is 79.9. The van der Waals surface area contributed by atoms with Gasteiger partial charge in [0.1, 0.15) is 0 Å². The number of aromatic amines is 2. The SMILES string of the molecule is Cc1[nH]nc2ccc(Br)cc12.[C-]#[N+]c1ccc2n[nH]c(C)c2c1. The lowest BCUT2D eigenvalue weighted by Gasteiger charge is -1.89. The number of nitrogens with one attached hydrogen (secondary N) is 2. The Morgan fingerprint density at radius 1 is 0.913 bits per heavy atom. The van der Waals surface area contributed by atoms with Crippen molar-refractivity contribution in [2.45, 2.75) is 13.8 Å². The summed E-state index contributed by atoms with van der Waals surface area (Å²) in [7, 11) is 0. The standard InChI is InChI=1S/C9H7N3.C8H7BrN2/c1-6-8-5-7(10-2)3-4-9(8)12-11-6;1-5-7-4-6(9)2-3-8(7)11-10-5/h3-5H,1H3,(H,11,12);2-4H,1H3,(H,10,11). The zero-order chi connectivity index (χ0) is 16.4. The van der Waals surface area contributed by atoms with E-state index in [0.29, 0.717) is 5.69 Å². The van der Waals surface area contributed by atoms with Crippen LogP contribution >= 0.6 is 15.9 Å².